The Kier molecular flexibility index (Phi) is 3.99. The topological polar surface area (TPSA) is 70.0 Å². The summed E-state index contributed by atoms with van der Waals surface area (Å²) < 4.78 is 17.7. The van der Waals surface area contributed by atoms with Gasteiger partial charge in [-0.25, -0.2) is 9.24 Å². The first kappa shape index (κ1) is 13.8. The molecule has 0 saturated heterocycles. The fraction of sp³-hybridized carbons (Fsp3) is 0.455. The van der Waals surface area contributed by atoms with E-state index in [1.807, 2.05) is 12.1 Å². The third-order valence-electron chi connectivity index (χ3n) is 3.16. The van der Waals surface area contributed by atoms with Crippen molar-refractivity contribution in [2.24, 2.45) is 0 Å². The number of benzene rings is 1. The Morgan fingerprint density at radius 1 is 1.56 bits per heavy atom. The largest absolute Gasteiger partial charge is 0.497 e. The van der Waals surface area contributed by atoms with E-state index in [-0.39, 0.29) is 5.88 Å². The van der Waals surface area contributed by atoms with Crippen LogP contribution in [0.1, 0.15) is 17.2 Å². The molecular weight excluding hydrogens is 277 g/mol. The fourth-order valence-corrected chi connectivity index (χ4v) is 3.64. The fourth-order valence-electron chi connectivity index (χ4n) is 2.28. The maximum atomic E-state index is 11.4. The van der Waals surface area contributed by atoms with Crippen LogP contribution in [0.25, 0.3) is 0 Å². The molecular formula is C11H15ClNO4P. The number of halogens is 1. The van der Waals surface area contributed by atoms with Gasteiger partial charge in [0.2, 0.25) is 0 Å². The van der Waals surface area contributed by atoms with Crippen LogP contribution in [-0.2, 0) is 11.0 Å². The van der Waals surface area contributed by atoms with Gasteiger partial charge >= 0.3 is 7.75 Å². The van der Waals surface area contributed by atoms with E-state index in [0.717, 1.165) is 21.5 Å². The van der Waals surface area contributed by atoms with Crippen molar-refractivity contribution in [1.82, 2.24) is 4.67 Å². The smallest absolute Gasteiger partial charge is 0.403 e. The zero-order chi connectivity index (χ0) is 13.3. The normalized spacial score (nSPS) is 20.6. The molecule has 0 amide bonds. The average molecular weight is 292 g/mol. The number of ether oxygens (including phenoxy) is 1. The first-order valence-corrected chi connectivity index (χ1v) is 7.62. The molecule has 2 N–H and O–H groups in total. The standard InChI is InChI=1S/C11H15ClNO4P/c1-17-9-2-3-10-8(6-9)4-5-13(11(10)7-12)18(14,15)16/h2-3,6,11H,4-5,7H2,1H3,(H2,14,15,16). The molecule has 5 nitrogen and oxygen atoms in total. The Hall–Kier alpha value is -0.580. The van der Waals surface area contributed by atoms with Crippen molar-refractivity contribution >= 4 is 19.3 Å². The number of hydrogen-bond acceptors (Lipinski definition) is 2. The van der Waals surface area contributed by atoms with Gasteiger partial charge in [-0.1, -0.05) is 6.07 Å². The third-order valence-corrected chi connectivity index (χ3v) is 4.60. The molecule has 1 aliphatic heterocycles. The number of rotatable bonds is 3. The average Bonchev–Trinajstić information content (AvgIpc) is 2.35. The van der Waals surface area contributed by atoms with E-state index in [2.05, 4.69) is 0 Å². The lowest BCUT2D eigenvalue weighted by Gasteiger charge is -2.36. The van der Waals surface area contributed by atoms with E-state index in [1.54, 1.807) is 13.2 Å². The lowest BCUT2D eigenvalue weighted by atomic mass is 9.95. The van der Waals surface area contributed by atoms with E-state index in [4.69, 9.17) is 16.3 Å². The highest BCUT2D eigenvalue weighted by atomic mass is 35.5. The van der Waals surface area contributed by atoms with Crippen molar-refractivity contribution in [1.29, 1.82) is 0 Å². The van der Waals surface area contributed by atoms with Crippen molar-refractivity contribution in [3.8, 4) is 5.75 Å². The molecule has 0 aromatic heterocycles. The summed E-state index contributed by atoms with van der Waals surface area (Å²) in [5.41, 5.74) is 1.89. The number of hydrogen-bond donors (Lipinski definition) is 2. The van der Waals surface area contributed by atoms with Crippen LogP contribution in [0.5, 0.6) is 5.75 Å². The van der Waals surface area contributed by atoms with Crippen LogP contribution in [0.4, 0.5) is 0 Å². The summed E-state index contributed by atoms with van der Waals surface area (Å²) in [6, 6.07) is 5.04. The quantitative estimate of drug-likeness (QED) is 0.658. The van der Waals surface area contributed by atoms with Gasteiger partial charge in [0, 0.05) is 12.4 Å². The molecule has 0 fully saturated rings. The highest BCUT2D eigenvalue weighted by Crippen LogP contribution is 2.49. The van der Waals surface area contributed by atoms with Crippen LogP contribution in [-0.4, -0.2) is 34.0 Å². The number of nitrogens with zero attached hydrogens (tertiary/aromatic N) is 1. The van der Waals surface area contributed by atoms with Crippen molar-refractivity contribution in [2.75, 3.05) is 19.5 Å². The van der Waals surface area contributed by atoms with Crippen molar-refractivity contribution < 1.29 is 19.1 Å². The van der Waals surface area contributed by atoms with Crippen LogP contribution < -0.4 is 4.74 Å². The zero-order valence-electron chi connectivity index (χ0n) is 9.91. The van der Waals surface area contributed by atoms with Crippen LogP contribution in [0.3, 0.4) is 0 Å². The molecule has 7 heteroatoms. The van der Waals surface area contributed by atoms with Gasteiger partial charge in [0.15, 0.2) is 0 Å². The Bertz CT molecular complexity index is 490. The predicted molar refractivity (Wildman–Crippen MR) is 68.9 cm³/mol. The van der Waals surface area contributed by atoms with E-state index in [1.165, 1.54) is 0 Å². The molecule has 1 aromatic carbocycles. The third kappa shape index (κ3) is 2.56. The lowest BCUT2D eigenvalue weighted by Crippen LogP contribution is -2.34. The van der Waals surface area contributed by atoms with Crippen LogP contribution in [0, 0.1) is 0 Å². The Balaban J connectivity index is 2.41. The summed E-state index contributed by atoms with van der Waals surface area (Å²) in [6.07, 6.45) is 0.574. The summed E-state index contributed by atoms with van der Waals surface area (Å²) in [5, 5.41) is 0. The SMILES string of the molecule is COc1ccc2c(c1)CCN(P(=O)(O)O)C2CCl. The second-order valence-electron chi connectivity index (χ2n) is 4.16. The Labute approximate surface area is 111 Å². The molecule has 1 unspecified atom stereocenters. The van der Waals surface area contributed by atoms with Gasteiger partial charge < -0.3 is 14.5 Å². The van der Waals surface area contributed by atoms with Crippen molar-refractivity contribution in [3.63, 3.8) is 0 Å². The van der Waals surface area contributed by atoms with Crippen molar-refractivity contribution in [3.05, 3.63) is 29.3 Å². The maximum absolute atomic E-state index is 11.4. The molecule has 1 heterocycles. The number of methoxy groups -OCH3 is 1. The summed E-state index contributed by atoms with van der Waals surface area (Å²) in [4.78, 5) is 18.6. The molecule has 0 radical (unpaired) electrons. The Morgan fingerprint density at radius 3 is 2.83 bits per heavy atom. The minimum Gasteiger partial charge on any atom is -0.497 e. The predicted octanol–water partition coefficient (Wildman–Crippen LogP) is 1.93. The molecule has 1 aromatic rings. The molecule has 0 bridgehead atoms. The molecule has 100 valence electrons. The van der Waals surface area contributed by atoms with E-state index >= 15 is 0 Å². The molecule has 0 saturated carbocycles. The van der Waals surface area contributed by atoms with Gasteiger partial charge in [0.1, 0.15) is 5.75 Å². The van der Waals surface area contributed by atoms with Crippen LogP contribution in [0.2, 0.25) is 0 Å². The van der Waals surface area contributed by atoms with E-state index < -0.39 is 13.8 Å². The summed E-state index contributed by atoms with van der Waals surface area (Å²) in [6.45, 7) is 0.293. The van der Waals surface area contributed by atoms with Gasteiger partial charge in [-0.15, -0.1) is 11.6 Å². The van der Waals surface area contributed by atoms with Gasteiger partial charge in [0.05, 0.1) is 13.2 Å². The van der Waals surface area contributed by atoms with E-state index in [9.17, 15) is 14.4 Å². The van der Waals surface area contributed by atoms with Gasteiger partial charge in [-0.2, -0.15) is 0 Å². The highest BCUT2D eigenvalue weighted by Gasteiger charge is 2.37. The molecule has 0 aliphatic carbocycles. The summed E-state index contributed by atoms with van der Waals surface area (Å²) in [7, 11) is -2.68. The lowest BCUT2D eigenvalue weighted by molar-refractivity contribution is 0.229. The van der Waals surface area contributed by atoms with Gasteiger partial charge in [0.25, 0.3) is 0 Å². The molecule has 1 atom stereocenters. The highest BCUT2D eigenvalue weighted by molar-refractivity contribution is 7.49. The monoisotopic (exact) mass is 291 g/mol. The first-order chi connectivity index (χ1) is 8.47. The first-order valence-electron chi connectivity index (χ1n) is 5.53. The van der Waals surface area contributed by atoms with Crippen LogP contribution >= 0.6 is 19.3 Å². The Morgan fingerprint density at radius 2 is 2.28 bits per heavy atom. The van der Waals surface area contributed by atoms with Crippen LogP contribution in [0.15, 0.2) is 18.2 Å². The molecule has 18 heavy (non-hydrogen) atoms. The number of alkyl halides is 1. The zero-order valence-corrected chi connectivity index (χ0v) is 11.6. The second-order valence-corrected chi connectivity index (χ2v) is 6.01. The summed E-state index contributed by atoms with van der Waals surface area (Å²) >= 11 is 5.87. The van der Waals surface area contributed by atoms with E-state index in [0.29, 0.717) is 13.0 Å². The second kappa shape index (κ2) is 5.19. The van der Waals surface area contributed by atoms with Gasteiger partial charge in [-0.3, -0.25) is 0 Å². The minimum absolute atomic E-state index is 0.143. The van der Waals surface area contributed by atoms with Crippen molar-refractivity contribution in [2.45, 2.75) is 12.5 Å². The number of fused-ring (bicyclic) bond motifs is 1. The summed E-state index contributed by atoms with van der Waals surface area (Å²) in [5.74, 6) is 0.886. The molecule has 1 aliphatic rings. The minimum atomic E-state index is -4.27. The maximum Gasteiger partial charge on any atom is 0.403 e. The van der Waals surface area contributed by atoms with Gasteiger partial charge in [-0.05, 0) is 29.7 Å². The molecule has 0 spiro atoms. The molecule has 2 rings (SSSR count).